The van der Waals surface area contributed by atoms with Gasteiger partial charge in [-0.2, -0.15) is 0 Å². The fourth-order valence-corrected chi connectivity index (χ4v) is 3.83. The number of nitrogens with one attached hydrogen (secondary N) is 2. The van der Waals surface area contributed by atoms with Crippen LogP contribution in [0.5, 0.6) is 5.75 Å². The molecule has 2 aliphatic rings. The summed E-state index contributed by atoms with van der Waals surface area (Å²) in [6, 6.07) is 9.05. The van der Waals surface area contributed by atoms with Gasteiger partial charge in [0.25, 0.3) is 5.91 Å². The number of carbonyl (C=O) groups excluding carboxylic acids is 3. The summed E-state index contributed by atoms with van der Waals surface area (Å²) >= 11 is 0. The van der Waals surface area contributed by atoms with Crippen molar-refractivity contribution in [3.63, 3.8) is 0 Å². The first-order chi connectivity index (χ1) is 14.9. The van der Waals surface area contributed by atoms with E-state index in [1.54, 1.807) is 24.3 Å². The quantitative estimate of drug-likeness (QED) is 0.715. The maximum Gasteiger partial charge on any atom is 0.329 e. The molecule has 1 saturated heterocycles. The first kappa shape index (κ1) is 20.8. The molecular formula is C22H21F2N3O4. The Balaban J connectivity index is 1.28. The van der Waals surface area contributed by atoms with Gasteiger partial charge in [0.1, 0.15) is 23.9 Å². The van der Waals surface area contributed by atoms with Crippen LogP contribution in [0.4, 0.5) is 19.3 Å². The van der Waals surface area contributed by atoms with E-state index in [1.165, 1.54) is 4.90 Å². The fraction of sp³-hybridized carbons (Fsp3) is 0.318. The number of benzene rings is 2. The zero-order chi connectivity index (χ0) is 22.0. The van der Waals surface area contributed by atoms with Gasteiger partial charge in [-0.25, -0.2) is 13.6 Å². The number of anilines is 1. The summed E-state index contributed by atoms with van der Waals surface area (Å²) < 4.78 is 32.3. The molecule has 2 N–H and O–H groups in total. The Morgan fingerprint density at radius 3 is 2.23 bits per heavy atom. The zero-order valence-corrected chi connectivity index (χ0v) is 16.6. The molecule has 0 aromatic heterocycles. The number of ether oxygens (including phenoxy) is 1. The monoisotopic (exact) mass is 429 g/mol. The molecule has 1 saturated carbocycles. The van der Waals surface area contributed by atoms with Crippen molar-refractivity contribution in [1.29, 1.82) is 0 Å². The van der Waals surface area contributed by atoms with Gasteiger partial charge in [0.05, 0.1) is 6.10 Å². The van der Waals surface area contributed by atoms with Crippen molar-refractivity contribution in [3.8, 4) is 5.75 Å². The van der Waals surface area contributed by atoms with Gasteiger partial charge < -0.3 is 10.1 Å². The van der Waals surface area contributed by atoms with E-state index in [0.29, 0.717) is 36.9 Å². The van der Waals surface area contributed by atoms with Crippen LogP contribution < -0.4 is 20.3 Å². The molecule has 1 aliphatic heterocycles. The number of amides is 4. The Morgan fingerprint density at radius 1 is 1.00 bits per heavy atom. The molecule has 7 nitrogen and oxygen atoms in total. The van der Waals surface area contributed by atoms with Crippen molar-refractivity contribution in [2.45, 2.75) is 37.8 Å². The van der Waals surface area contributed by atoms with Crippen molar-refractivity contribution in [3.05, 3.63) is 59.7 Å². The molecule has 0 bridgehead atoms. The SMILES string of the molecule is O=C1CN(c2ccc(C(=O)NC3CCC(Oc4cc(F)cc(F)c4)CC3)cc2)C(=O)N1. The van der Waals surface area contributed by atoms with Crippen LogP contribution >= 0.6 is 0 Å². The highest BCUT2D eigenvalue weighted by atomic mass is 19.1. The summed E-state index contributed by atoms with van der Waals surface area (Å²) in [7, 11) is 0. The average molecular weight is 429 g/mol. The maximum atomic E-state index is 13.3. The van der Waals surface area contributed by atoms with E-state index >= 15 is 0 Å². The highest BCUT2D eigenvalue weighted by Gasteiger charge is 2.28. The normalized spacial score (nSPS) is 21.0. The molecule has 2 aromatic carbocycles. The van der Waals surface area contributed by atoms with Gasteiger partial charge in [0.2, 0.25) is 5.91 Å². The Hall–Kier alpha value is -3.49. The summed E-state index contributed by atoms with van der Waals surface area (Å²) in [6.07, 6.45) is 2.51. The Kier molecular flexibility index (Phi) is 5.83. The van der Waals surface area contributed by atoms with Crippen molar-refractivity contribution >= 4 is 23.5 Å². The Bertz CT molecular complexity index is 984. The standard InChI is InChI=1S/C22H21F2N3O4/c23-14-9-15(24)11-19(10-14)31-18-7-3-16(4-8-18)25-21(29)13-1-5-17(6-2-13)27-12-20(28)26-22(27)30/h1-2,5-6,9-11,16,18H,3-4,7-8,12H2,(H,25,29)(H,26,28,30). The first-order valence-corrected chi connectivity index (χ1v) is 10.0. The number of hydrogen-bond donors (Lipinski definition) is 2. The number of nitrogens with zero attached hydrogens (tertiary/aromatic N) is 1. The number of hydrogen-bond acceptors (Lipinski definition) is 4. The minimum atomic E-state index is -0.682. The van der Waals surface area contributed by atoms with Gasteiger partial charge in [0, 0.05) is 35.5 Å². The molecule has 0 spiro atoms. The second kappa shape index (κ2) is 8.71. The molecular weight excluding hydrogens is 408 g/mol. The lowest BCUT2D eigenvalue weighted by Crippen LogP contribution is -2.39. The Morgan fingerprint density at radius 2 is 1.65 bits per heavy atom. The molecule has 4 rings (SSSR count). The average Bonchev–Trinajstić information content (AvgIpc) is 3.07. The molecule has 9 heteroatoms. The second-order valence-corrected chi connectivity index (χ2v) is 7.66. The zero-order valence-electron chi connectivity index (χ0n) is 16.6. The number of rotatable bonds is 5. The second-order valence-electron chi connectivity index (χ2n) is 7.66. The molecule has 2 aromatic rings. The van der Waals surface area contributed by atoms with Crippen LogP contribution in [0.3, 0.4) is 0 Å². The van der Waals surface area contributed by atoms with Crippen LogP contribution in [0.15, 0.2) is 42.5 Å². The largest absolute Gasteiger partial charge is 0.490 e. The first-order valence-electron chi connectivity index (χ1n) is 10.0. The van der Waals surface area contributed by atoms with Gasteiger partial charge in [-0.3, -0.25) is 19.8 Å². The molecule has 4 amide bonds. The highest BCUT2D eigenvalue weighted by molar-refractivity contribution is 6.12. The van der Waals surface area contributed by atoms with E-state index in [-0.39, 0.29) is 36.3 Å². The summed E-state index contributed by atoms with van der Waals surface area (Å²) in [6.45, 7) is -0.0437. The molecule has 0 unspecified atom stereocenters. The molecule has 0 atom stereocenters. The van der Waals surface area contributed by atoms with Gasteiger partial charge in [-0.1, -0.05) is 0 Å². The van der Waals surface area contributed by atoms with Crippen LogP contribution in [-0.2, 0) is 4.79 Å². The minimum Gasteiger partial charge on any atom is -0.490 e. The van der Waals surface area contributed by atoms with E-state index in [4.69, 9.17) is 4.74 Å². The van der Waals surface area contributed by atoms with Gasteiger partial charge >= 0.3 is 6.03 Å². The van der Waals surface area contributed by atoms with Crippen LogP contribution in [0, 0.1) is 11.6 Å². The third-order valence-corrected chi connectivity index (χ3v) is 5.38. The van der Waals surface area contributed by atoms with E-state index in [9.17, 15) is 23.2 Å². The summed E-state index contributed by atoms with van der Waals surface area (Å²) in [5.74, 6) is -1.80. The molecule has 31 heavy (non-hydrogen) atoms. The smallest absolute Gasteiger partial charge is 0.329 e. The third kappa shape index (κ3) is 4.99. The van der Waals surface area contributed by atoms with Crippen LogP contribution in [0.25, 0.3) is 0 Å². The lowest BCUT2D eigenvalue weighted by atomic mass is 9.92. The molecule has 2 fully saturated rings. The van der Waals surface area contributed by atoms with Gasteiger partial charge in [0.15, 0.2) is 0 Å². The molecule has 0 radical (unpaired) electrons. The number of carbonyl (C=O) groups is 3. The lowest BCUT2D eigenvalue weighted by molar-refractivity contribution is -0.117. The van der Waals surface area contributed by atoms with Crippen molar-refractivity contribution < 1.29 is 27.9 Å². The van der Waals surface area contributed by atoms with Crippen LogP contribution in [-0.4, -0.2) is 36.5 Å². The number of urea groups is 1. The predicted octanol–water partition coefficient (Wildman–Crippen LogP) is 3.14. The van der Waals surface area contributed by atoms with Crippen LogP contribution in [0.2, 0.25) is 0 Å². The predicted molar refractivity (Wildman–Crippen MR) is 108 cm³/mol. The van der Waals surface area contributed by atoms with Crippen molar-refractivity contribution in [1.82, 2.24) is 10.6 Å². The lowest BCUT2D eigenvalue weighted by Gasteiger charge is -2.29. The van der Waals surface area contributed by atoms with Gasteiger partial charge in [-0.05, 0) is 49.9 Å². The fourth-order valence-electron chi connectivity index (χ4n) is 3.83. The van der Waals surface area contributed by atoms with E-state index in [1.807, 2.05) is 0 Å². The van der Waals surface area contributed by atoms with E-state index in [0.717, 1.165) is 18.2 Å². The number of halogens is 2. The van der Waals surface area contributed by atoms with E-state index < -0.39 is 17.7 Å². The molecule has 162 valence electrons. The summed E-state index contributed by atoms with van der Waals surface area (Å²) in [4.78, 5) is 36.9. The maximum absolute atomic E-state index is 13.3. The third-order valence-electron chi connectivity index (χ3n) is 5.38. The molecule has 1 aliphatic carbocycles. The van der Waals surface area contributed by atoms with E-state index in [2.05, 4.69) is 10.6 Å². The van der Waals surface area contributed by atoms with Crippen molar-refractivity contribution in [2.75, 3.05) is 11.4 Å². The number of imide groups is 1. The Labute approximate surface area is 177 Å². The summed E-state index contributed by atoms with van der Waals surface area (Å²) in [5.41, 5.74) is 0.981. The minimum absolute atomic E-state index is 0.0294. The molecule has 1 heterocycles. The van der Waals surface area contributed by atoms with Crippen molar-refractivity contribution in [2.24, 2.45) is 0 Å². The summed E-state index contributed by atoms with van der Waals surface area (Å²) in [5, 5.41) is 5.18. The topological polar surface area (TPSA) is 87.7 Å². The van der Waals surface area contributed by atoms with Gasteiger partial charge in [-0.15, -0.1) is 0 Å². The van der Waals surface area contributed by atoms with Crippen LogP contribution in [0.1, 0.15) is 36.0 Å². The highest BCUT2D eigenvalue weighted by Crippen LogP contribution is 2.25.